The van der Waals surface area contributed by atoms with Gasteiger partial charge in [-0.25, -0.2) is 0 Å². The monoisotopic (exact) mass is 302 g/mol. The average Bonchev–Trinajstić information content (AvgIpc) is 2.63. The Kier molecular flexibility index (Phi) is 3.73. The van der Waals surface area contributed by atoms with E-state index in [0.717, 1.165) is 9.35 Å². The van der Waals surface area contributed by atoms with Gasteiger partial charge in [0.15, 0.2) is 0 Å². The zero-order valence-corrected chi connectivity index (χ0v) is 10.9. The van der Waals surface area contributed by atoms with E-state index in [1.54, 1.807) is 11.3 Å². The summed E-state index contributed by atoms with van der Waals surface area (Å²) in [6.45, 7) is 0.643. The molecule has 4 nitrogen and oxygen atoms in total. The van der Waals surface area contributed by atoms with Crippen LogP contribution in [0.15, 0.2) is 15.9 Å². The van der Waals surface area contributed by atoms with Crippen molar-refractivity contribution in [2.75, 3.05) is 0 Å². The molecule has 1 aliphatic rings. The number of thiophene rings is 1. The van der Waals surface area contributed by atoms with E-state index in [2.05, 4.69) is 26.6 Å². The SMILES string of the molecule is O=C1CCC(NCc2sccc2Br)C(=O)N1. The third kappa shape index (κ3) is 2.69. The van der Waals surface area contributed by atoms with Crippen LogP contribution in [0.2, 0.25) is 0 Å². The van der Waals surface area contributed by atoms with Crippen molar-refractivity contribution in [1.82, 2.24) is 10.6 Å². The molecule has 0 radical (unpaired) electrons. The molecule has 0 aromatic carbocycles. The first-order valence-electron chi connectivity index (χ1n) is 4.96. The quantitative estimate of drug-likeness (QED) is 0.830. The Labute approximate surface area is 106 Å². The molecule has 2 rings (SSSR count). The molecule has 1 unspecified atom stereocenters. The van der Waals surface area contributed by atoms with Crippen molar-refractivity contribution in [1.29, 1.82) is 0 Å². The number of nitrogens with one attached hydrogen (secondary N) is 2. The number of rotatable bonds is 3. The van der Waals surface area contributed by atoms with Crippen molar-refractivity contribution in [3.8, 4) is 0 Å². The van der Waals surface area contributed by atoms with Crippen molar-refractivity contribution in [3.63, 3.8) is 0 Å². The normalized spacial score (nSPS) is 20.9. The van der Waals surface area contributed by atoms with Crippen LogP contribution >= 0.6 is 27.3 Å². The fourth-order valence-corrected chi connectivity index (χ4v) is 3.00. The lowest BCUT2D eigenvalue weighted by atomic mass is 10.1. The number of imide groups is 1. The van der Waals surface area contributed by atoms with Gasteiger partial charge in [0.25, 0.3) is 0 Å². The highest BCUT2D eigenvalue weighted by atomic mass is 79.9. The number of carbonyl (C=O) groups is 2. The molecule has 0 saturated carbocycles. The van der Waals surface area contributed by atoms with Crippen LogP contribution in [0.5, 0.6) is 0 Å². The minimum absolute atomic E-state index is 0.180. The molecule has 2 amide bonds. The van der Waals surface area contributed by atoms with Gasteiger partial charge in [-0.2, -0.15) is 0 Å². The van der Waals surface area contributed by atoms with Gasteiger partial charge in [-0.05, 0) is 33.8 Å². The lowest BCUT2D eigenvalue weighted by molar-refractivity contribution is -0.134. The third-order valence-corrected chi connectivity index (χ3v) is 4.37. The van der Waals surface area contributed by atoms with Crippen LogP contribution in [-0.4, -0.2) is 17.9 Å². The fourth-order valence-electron chi connectivity index (χ4n) is 1.56. The van der Waals surface area contributed by atoms with Gasteiger partial charge in [-0.3, -0.25) is 14.9 Å². The van der Waals surface area contributed by atoms with E-state index in [0.29, 0.717) is 19.4 Å². The predicted octanol–water partition coefficient (Wildman–Crippen LogP) is 1.41. The molecule has 1 fully saturated rings. The molecular formula is C10H11BrN2O2S. The van der Waals surface area contributed by atoms with Crippen molar-refractivity contribution in [2.45, 2.75) is 25.4 Å². The number of hydrogen-bond acceptors (Lipinski definition) is 4. The Bertz CT molecular complexity index is 419. The second-order valence-electron chi connectivity index (χ2n) is 3.58. The second-order valence-corrected chi connectivity index (χ2v) is 5.43. The first kappa shape index (κ1) is 11.8. The van der Waals surface area contributed by atoms with Crippen molar-refractivity contribution >= 4 is 39.1 Å². The maximum absolute atomic E-state index is 11.4. The summed E-state index contributed by atoms with van der Waals surface area (Å²) >= 11 is 5.06. The second kappa shape index (κ2) is 5.07. The molecular weight excluding hydrogens is 292 g/mol. The molecule has 0 bridgehead atoms. The number of carbonyl (C=O) groups excluding carboxylic acids is 2. The van der Waals surface area contributed by atoms with Gasteiger partial charge < -0.3 is 5.32 Å². The number of halogens is 1. The Hall–Kier alpha value is -0.720. The van der Waals surface area contributed by atoms with Crippen LogP contribution < -0.4 is 10.6 Å². The largest absolute Gasteiger partial charge is 0.301 e. The number of hydrogen-bond donors (Lipinski definition) is 2. The van der Waals surface area contributed by atoms with Crippen molar-refractivity contribution in [3.05, 3.63) is 20.8 Å². The summed E-state index contributed by atoms with van der Waals surface area (Å²) in [5.74, 6) is -0.399. The van der Waals surface area contributed by atoms with Crippen LogP contribution in [0.4, 0.5) is 0 Å². The molecule has 1 aromatic rings. The van der Waals surface area contributed by atoms with E-state index in [4.69, 9.17) is 0 Å². The summed E-state index contributed by atoms with van der Waals surface area (Å²) in [4.78, 5) is 23.5. The summed E-state index contributed by atoms with van der Waals surface area (Å²) in [7, 11) is 0. The van der Waals surface area contributed by atoms with E-state index in [-0.39, 0.29) is 17.9 Å². The molecule has 2 N–H and O–H groups in total. The van der Waals surface area contributed by atoms with Gasteiger partial charge in [0.2, 0.25) is 11.8 Å². The van der Waals surface area contributed by atoms with Crippen molar-refractivity contribution in [2.24, 2.45) is 0 Å². The van der Waals surface area contributed by atoms with Gasteiger partial charge in [0.05, 0.1) is 6.04 Å². The smallest absolute Gasteiger partial charge is 0.243 e. The standard InChI is InChI=1S/C10H11BrN2O2S/c11-6-3-4-16-8(6)5-12-7-1-2-9(14)13-10(7)15/h3-4,7,12H,1-2,5H2,(H,13,14,15). The minimum Gasteiger partial charge on any atom is -0.301 e. The Morgan fingerprint density at radius 3 is 3.00 bits per heavy atom. The maximum atomic E-state index is 11.4. The first-order chi connectivity index (χ1) is 7.66. The molecule has 6 heteroatoms. The van der Waals surface area contributed by atoms with E-state index >= 15 is 0 Å². The molecule has 2 heterocycles. The summed E-state index contributed by atoms with van der Waals surface area (Å²) in [5, 5.41) is 7.47. The van der Waals surface area contributed by atoms with E-state index in [1.807, 2.05) is 11.4 Å². The Balaban J connectivity index is 1.89. The predicted molar refractivity (Wildman–Crippen MR) is 65.0 cm³/mol. The molecule has 1 aliphatic heterocycles. The molecule has 86 valence electrons. The fraction of sp³-hybridized carbons (Fsp3) is 0.400. The third-order valence-electron chi connectivity index (χ3n) is 2.44. The van der Waals surface area contributed by atoms with Crippen LogP contribution in [0.1, 0.15) is 17.7 Å². The molecule has 0 aliphatic carbocycles. The number of amides is 2. The first-order valence-corrected chi connectivity index (χ1v) is 6.63. The molecule has 0 spiro atoms. The maximum Gasteiger partial charge on any atom is 0.243 e. The minimum atomic E-state index is -0.258. The van der Waals surface area contributed by atoms with Gasteiger partial charge in [0, 0.05) is 22.3 Å². The van der Waals surface area contributed by atoms with Gasteiger partial charge >= 0.3 is 0 Å². The summed E-state index contributed by atoms with van der Waals surface area (Å²) in [6.07, 6.45) is 0.989. The average molecular weight is 303 g/mol. The van der Waals surface area contributed by atoms with Crippen LogP contribution in [0.3, 0.4) is 0 Å². The molecule has 1 atom stereocenters. The molecule has 1 aromatic heterocycles. The molecule has 16 heavy (non-hydrogen) atoms. The van der Waals surface area contributed by atoms with Crippen LogP contribution in [0.25, 0.3) is 0 Å². The lowest BCUT2D eigenvalue weighted by Gasteiger charge is -2.21. The highest BCUT2D eigenvalue weighted by Crippen LogP contribution is 2.22. The van der Waals surface area contributed by atoms with Gasteiger partial charge in [-0.1, -0.05) is 0 Å². The van der Waals surface area contributed by atoms with E-state index in [1.165, 1.54) is 0 Å². The zero-order valence-electron chi connectivity index (χ0n) is 8.46. The molecule has 1 saturated heterocycles. The summed E-state index contributed by atoms with van der Waals surface area (Å²) in [5.41, 5.74) is 0. The van der Waals surface area contributed by atoms with Gasteiger partial charge in [0.1, 0.15) is 0 Å². The van der Waals surface area contributed by atoms with Crippen LogP contribution in [0, 0.1) is 0 Å². The van der Waals surface area contributed by atoms with Crippen LogP contribution in [-0.2, 0) is 16.1 Å². The van der Waals surface area contributed by atoms with E-state index in [9.17, 15) is 9.59 Å². The van der Waals surface area contributed by atoms with Crippen molar-refractivity contribution < 1.29 is 9.59 Å². The summed E-state index contributed by atoms with van der Waals surface area (Å²) in [6, 6.07) is 1.72. The Morgan fingerprint density at radius 1 is 1.56 bits per heavy atom. The topological polar surface area (TPSA) is 58.2 Å². The zero-order chi connectivity index (χ0) is 11.5. The van der Waals surface area contributed by atoms with Gasteiger partial charge in [-0.15, -0.1) is 11.3 Å². The van der Waals surface area contributed by atoms with E-state index < -0.39 is 0 Å². The lowest BCUT2D eigenvalue weighted by Crippen LogP contribution is -2.50. The number of piperidine rings is 1. The highest BCUT2D eigenvalue weighted by molar-refractivity contribution is 9.10. The summed E-state index contributed by atoms with van der Waals surface area (Å²) < 4.78 is 1.05. The Morgan fingerprint density at radius 2 is 2.38 bits per heavy atom. The highest BCUT2D eigenvalue weighted by Gasteiger charge is 2.25.